The largest absolute Gasteiger partial charge is 0.491 e. The van der Waals surface area contributed by atoms with Crippen molar-refractivity contribution < 1.29 is 17.9 Å². The molecule has 5 nitrogen and oxygen atoms in total. The second-order valence-electron chi connectivity index (χ2n) is 4.88. The lowest BCUT2D eigenvalue weighted by atomic mass is 10.2. The molecule has 0 spiro atoms. The maximum absolute atomic E-state index is 12.4. The number of ether oxygens (including phenoxy) is 2. The first kappa shape index (κ1) is 17.6. The fourth-order valence-corrected chi connectivity index (χ4v) is 3.26. The molecule has 124 valence electrons. The van der Waals surface area contributed by atoms with Gasteiger partial charge in [-0.3, -0.25) is 4.72 Å². The van der Waals surface area contributed by atoms with Gasteiger partial charge in [0.25, 0.3) is 10.0 Å². The summed E-state index contributed by atoms with van der Waals surface area (Å²) >= 11 is 5.87. The van der Waals surface area contributed by atoms with Crippen LogP contribution in [0.3, 0.4) is 0 Å². The molecular formula is C16H18ClNO4S. The first-order valence-corrected chi connectivity index (χ1v) is 8.79. The summed E-state index contributed by atoms with van der Waals surface area (Å²) in [6, 6.07) is 11.2. The summed E-state index contributed by atoms with van der Waals surface area (Å²) in [7, 11) is -2.08. The van der Waals surface area contributed by atoms with Crippen LogP contribution in [0.5, 0.6) is 5.75 Å². The molecule has 0 fully saturated rings. The molecule has 1 N–H and O–H groups in total. The zero-order valence-electron chi connectivity index (χ0n) is 12.9. The van der Waals surface area contributed by atoms with Crippen LogP contribution in [0.1, 0.15) is 5.56 Å². The molecule has 0 atom stereocenters. The summed E-state index contributed by atoms with van der Waals surface area (Å²) in [5, 5.41) is 0.558. The van der Waals surface area contributed by atoms with Crippen LogP contribution in [0.25, 0.3) is 0 Å². The molecule has 23 heavy (non-hydrogen) atoms. The van der Waals surface area contributed by atoms with Gasteiger partial charge >= 0.3 is 0 Å². The number of nitrogens with one attached hydrogen (secondary N) is 1. The van der Waals surface area contributed by atoms with Crippen LogP contribution in [-0.2, 0) is 14.8 Å². The smallest absolute Gasteiger partial charge is 0.261 e. The van der Waals surface area contributed by atoms with Crippen molar-refractivity contribution in [2.75, 3.05) is 25.0 Å². The summed E-state index contributed by atoms with van der Waals surface area (Å²) < 4.78 is 37.7. The Kier molecular flexibility index (Phi) is 5.87. The van der Waals surface area contributed by atoms with Crippen molar-refractivity contribution in [1.82, 2.24) is 0 Å². The number of methoxy groups -OCH3 is 1. The van der Waals surface area contributed by atoms with E-state index in [1.54, 1.807) is 44.4 Å². The number of aryl methyl sites for hydroxylation is 1. The van der Waals surface area contributed by atoms with E-state index in [0.717, 1.165) is 5.56 Å². The fourth-order valence-electron chi connectivity index (χ4n) is 1.90. The molecule has 0 aromatic heterocycles. The zero-order chi connectivity index (χ0) is 16.9. The van der Waals surface area contributed by atoms with Crippen LogP contribution in [-0.4, -0.2) is 28.7 Å². The summed E-state index contributed by atoms with van der Waals surface area (Å²) in [6.07, 6.45) is 0. The highest BCUT2D eigenvalue weighted by Gasteiger charge is 2.15. The molecule has 0 bridgehead atoms. The monoisotopic (exact) mass is 355 g/mol. The van der Waals surface area contributed by atoms with Gasteiger partial charge in [0, 0.05) is 12.1 Å². The average Bonchev–Trinajstić information content (AvgIpc) is 2.51. The van der Waals surface area contributed by atoms with E-state index in [9.17, 15) is 8.42 Å². The van der Waals surface area contributed by atoms with Crippen LogP contribution in [0, 0.1) is 6.92 Å². The summed E-state index contributed by atoms with van der Waals surface area (Å²) in [5.74, 6) is 0.587. The normalized spacial score (nSPS) is 11.3. The lowest BCUT2D eigenvalue weighted by Crippen LogP contribution is -2.13. The van der Waals surface area contributed by atoms with Crippen LogP contribution in [0.2, 0.25) is 5.02 Å². The van der Waals surface area contributed by atoms with Crippen molar-refractivity contribution in [3.63, 3.8) is 0 Å². The number of halogens is 1. The highest BCUT2D eigenvalue weighted by atomic mass is 35.5. The molecule has 0 heterocycles. The molecule has 2 rings (SSSR count). The Balaban J connectivity index is 2.13. The number of rotatable bonds is 7. The minimum Gasteiger partial charge on any atom is -0.491 e. The van der Waals surface area contributed by atoms with Crippen molar-refractivity contribution in [3.8, 4) is 5.75 Å². The van der Waals surface area contributed by atoms with E-state index in [-0.39, 0.29) is 4.90 Å². The Morgan fingerprint density at radius 2 is 1.78 bits per heavy atom. The van der Waals surface area contributed by atoms with Crippen LogP contribution >= 0.6 is 11.6 Å². The highest BCUT2D eigenvalue weighted by molar-refractivity contribution is 7.92. The Morgan fingerprint density at radius 3 is 2.39 bits per heavy atom. The van der Waals surface area contributed by atoms with Gasteiger partial charge in [-0.15, -0.1) is 0 Å². The first-order valence-electron chi connectivity index (χ1n) is 6.93. The summed E-state index contributed by atoms with van der Waals surface area (Å²) in [6.45, 7) is 2.67. The van der Waals surface area contributed by atoms with E-state index in [2.05, 4.69) is 4.72 Å². The second kappa shape index (κ2) is 7.68. The van der Waals surface area contributed by atoms with Gasteiger partial charge in [-0.05, 0) is 55.0 Å². The zero-order valence-corrected chi connectivity index (χ0v) is 14.4. The first-order chi connectivity index (χ1) is 10.9. The third-order valence-electron chi connectivity index (χ3n) is 3.12. The molecule has 0 saturated carbocycles. The second-order valence-corrected chi connectivity index (χ2v) is 7.00. The van der Waals surface area contributed by atoms with Gasteiger partial charge in [0.15, 0.2) is 0 Å². The summed E-state index contributed by atoms with van der Waals surface area (Å²) in [4.78, 5) is 0.158. The fraction of sp³-hybridized carbons (Fsp3) is 0.250. The Labute approximate surface area is 141 Å². The molecule has 0 aliphatic rings. The van der Waals surface area contributed by atoms with Crippen molar-refractivity contribution in [2.24, 2.45) is 0 Å². The van der Waals surface area contributed by atoms with Gasteiger partial charge in [0.05, 0.1) is 17.2 Å². The molecule has 0 saturated heterocycles. The Hall–Kier alpha value is -1.76. The molecule has 0 radical (unpaired) electrons. The van der Waals surface area contributed by atoms with Gasteiger partial charge in [-0.25, -0.2) is 8.42 Å². The molecule has 7 heteroatoms. The van der Waals surface area contributed by atoms with Gasteiger partial charge < -0.3 is 9.47 Å². The van der Waals surface area contributed by atoms with Gasteiger partial charge in [-0.1, -0.05) is 11.6 Å². The van der Waals surface area contributed by atoms with E-state index in [4.69, 9.17) is 21.1 Å². The highest BCUT2D eigenvalue weighted by Crippen LogP contribution is 2.23. The molecule has 0 unspecified atom stereocenters. The van der Waals surface area contributed by atoms with Crippen molar-refractivity contribution in [2.45, 2.75) is 11.8 Å². The third kappa shape index (κ3) is 4.86. The molecular weight excluding hydrogens is 338 g/mol. The molecule has 0 amide bonds. The predicted octanol–water partition coefficient (Wildman–Crippen LogP) is 3.47. The molecule has 0 aliphatic carbocycles. The number of hydrogen-bond acceptors (Lipinski definition) is 4. The van der Waals surface area contributed by atoms with Crippen LogP contribution in [0.4, 0.5) is 5.69 Å². The quantitative estimate of drug-likeness (QED) is 0.772. The topological polar surface area (TPSA) is 64.6 Å². The van der Waals surface area contributed by atoms with Gasteiger partial charge in [0.2, 0.25) is 0 Å². The molecule has 2 aromatic carbocycles. The lowest BCUT2D eigenvalue weighted by molar-refractivity contribution is 0.146. The Bertz CT molecular complexity index is 760. The average molecular weight is 356 g/mol. The number of sulfonamides is 1. The minimum absolute atomic E-state index is 0.158. The van der Waals surface area contributed by atoms with Crippen LogP contribution in [0.15, 0.2) is 47.4 Å². The van der Waals surface area contributed by atoms with E-state index >= 15 is 0 Å². The van der Waals surface area contributed by atoms with Gasteiger partial charge in [-0.2, -0.15) is 0 Å². The molecule has 2 aromatic rings. The van der Waals surface area contributed by atoms with E-state index in [1.165, 1.54) is 12.1 Å². The van der Waals surface area contributed by atoms with Crippen molar-refractivity contribution in [3.05, 3.63) is 53.1 Å². The third-order valence-corrected chi connectivity index (χ3v) is 4.74. The lowest BCUT2D eigenvalue weighted by Gasteiger charge is -2.11. The Morgan fingerprint density at radius 1 is 1.09 bits per heavy atom. The van der Waals surface area contributed by atoms with Crippen molar-refractivity contribution >= 4 is 27.3 Å². The standard InChI is InChI=1S/C16H18ClNO4S/c1-12-11-13(17)3-8-16(12)18-23(19,20)15-6-4-14(5-7-15)22-10-9-21-2/h3-8,11,18H,9-10H2,1-2H3. The van der Waals surface area contributed by atoms with E-state index in [0.29, 0.717) is 29.7 Å². The van der Waals surface area contributed by atoms with Crippen LogP contribution < -0.4 is 9.46 Å². The van der Waals surface area contributed by atoms with Crippen molar-refractivity contribution in [1.29, 1.82) is 0 Å². The number of hydrogen-bond donors (Lipinski definition) is 1. The van der Waals surface area contributed by atoms with Gasteiger partial charge in [0.1, 0.15) is 12.4 Å². The summed E-state index contributed by atoms with van der Waals surface area (Å²) in [5.41, 5.74) is 1.25. The minimum atomic E-state index is -3.66. The maximum Gasteiger partial charge on any atom is 0.261 e. The van der Waals surface area contributed by atoms with E-state index in [1.807, 2.05) is 0 Å². The van der Waals surface area contributed by atoms with E-state index < -0.39 is 10.0 Å². The number of anilines is 1. The predicted molar refractivity (Wildman–Crippen MR) is 90.8 cm³/mol. The molecule has 0 aliphatic heterocycles. The number of benzene rings is 2. The SMILES string of the molecule is COCCOc1ccc(S(=O)(=O)Nc2ccc(Cl)cc2C)cc1. The maximum atomic E-state index is 12.4.